The molecule has 2 rings (SSSR count). The molecule has 0 aliphatic carbocycles. The molecule has 0 aliphatic rings. The van der Waals surface area contributed by atoms with Gasteiger partial charge in [0, 0.05) is 38.4 Å². The summed E-state index contributed by atoms with van der Waals surface area (Å²) in [6.45, 7) is 2.51. The maximum Gasteiger partial charge on any atom is 0.225 e. The minimum Gasteiger partial charge on any atom is -0.347 e. The van der Waals surface area contributed by atoms with Gasteiger partial charge in [-0.05, 0) is 19.1 Å². The van der Waals surface area contributed by atoms with Gasteiger partial charge in [-0.25, -0.2) is 14.4 Å². The first kappa shape index (κ1) is 14.4. The summed E-state index contributed by atoms with van der Waals surface area (Å²) >= 11 is 0. The topological polar surface area (TPSA) is 41.1 Å². The minimum atomic E-state index is -0.191. The lowest BCUT2D eigenvalue weighted by Crippen LogP contribution is -2.21. The highest BCUT2D eigenvalue weighted by molar-refractivity contribution is 5.27. The predicted octanol–water partition coefficient (Wildman–Crippen LogP) is 2.53. The molecule has 106 valence electrons. The Balaban J connectivity index is 2.02. The number of rotatable bonds is 5. The Morgan fingerprint density at radius 2 is 2.00 bits per heavy atom. The zero-order valence-corrected chi connectivity index (χ0v) is 12.0. The van der Waals surface area contributed by atoms with Crippen LogP contribution in [0.15, 0.2) is 36.5 Å². The molecule has 0 aliphatic heterocycles. The van der Waals surface area contributed by atoms with Crippen molar-refractivity contribution in [2.45, 2.75) is 19.5 Å². The highest BCUT2D eigenvalue weighted by atomic mass is 19.1. The number of nitrogens with one attached hydrogen (secondary N) is 1. The van der Waals surface area contributed by atoms with Crippen LogP contribution < -0.4 is 10.2 Å². The van der Waals surface area contributed by atoms with Crippen LogP contribution in [0.2, 0.25) is 0 Å². The molecule has 0 saturated carbocycles. The van der Waals surface area contributed by atoms with Crippen LogP contribution in [0, 0.1) is 5.82 Å². The lowest BCUT2D eigenvalue weighted by atomic mass is 10.1. The number of benzene rings is 1. The Morgan fingerprint density at radius 3 is 2.70 bits per heavy atom. The van der Waals surface area contributed by atoms with Gasteiger partial charge in [-0.3, -0.25) is 0 Å². The van der Waals surface area contributed by atoms with Gasteiger partial charge in [0.2, 0.25) is 5.95 Å². The summed E-state index contributed by atoms with van der Waals surface area (Å²) in [6, 6.07) is 8.58. The molecule has 20 heavy (non-hydrogen) atoms. The number of anilines is 1. The first-order valence-corrected chi connectivity index (χ1v) is 6.55. The van der Waals surface area contributed by atoms with Gasteiger partial charge < -0.3 is 10.2 Å². The second-order valence-corrected chi connectivity index (χ2v) is 4.87. The van der Waals surface area contributed by atoms with E-state index in [0.717, 1.165) is 5.69 Å². The quantitative estimate of drug-likeness (QED) is 0.909. The standard InChI is InChI=1S/C15H19FN4/c1-11(13-6-4-5-7-14(13)16)18-10-12-8-9-17-15(19-12)20(2)3/h4-9,11,18H,10H2,1-3H3/t11-/m1/s1. The molecule has 0 spiro atoms. The van der Waals surface area contributed by atoms with Crippen molar-refractivity contribution in [1.29, 1.82) is 0 Å². The number of hydrogen-bond donors (Lipinski definition) is 1. The third-order valence-electron chi connectivity index (χ3n) is 3.06. The smallest absolute Gasteiger partial charge is 0.225 e. The molecule has 1 aromatic carbocycles. The Hall–Kier alpha value is -2.01. The van der Waals surface area contributed by atoms with Gasteiger partial charge in [0.15, 0.2) is 0 Å². The third kappa shape index (κ3) is 3.51. The zero-order valence-electron chi connectivity index (χ0n) is 12.0. The maximum atomic E-state index is 13.7. The van der Waals surface area contributed by atoms with Gasteiger partial charge in [0.25, 0.3) is 0 Å². The Kier molecular flexibility index (Phi) is 4.63. The zero-order chi connectivity index (χ0) is 14.5. The van der Waals surface area contributed by atoms with Crippen molar-refractivity contribution in [3.8, 4) is 0 Å². The normalized spacial score (nSPS) is 12.2. The molecule has 4 nitrogen and oxygen atoms in total. The van der Waals surface area contributed by atoms with Gasteiger partial charge in [0.1, 0.15) is 5.82 Å². The molecule has 1 aromatic heterocycles. The summed E-state index contributed by atoms with van der Waals surface area (Å²) in [5.41, 5.74) is 1.54. The first-order chi connectivity index (χ1) is 9.58. The van der Waals surface area contributed by atoms with E-state index in [4.69, 9.17) is 0 Å². The van der Waals surface area contributed by atoms with E-state index in [0.29, 0.717) is 18.1 Å². The average molecular weight is 274 g/mol. The van der Waals surface area contributed by atoms with Gasteiger partial charge in [-0.2, -0.15) is 0 Å². The van der Waals surface area contributed by atoms with Crippen molar-refractivity contribution in [2.75, 3.05) is 19.0 Å². The van der Waals surface area contributed by atoms with Crippen LogP contribution in [0.4, 0.5) is 10.3 Å². The van der Waals surface area contributed by atoms with Crippen LogP contribution in [0.5, 0.6) is 0 Å². The molecule has 0 saturated heterocycles. The first-order valence-electron chi connectivity index (χ1n) is 6.55. The lowest BCUT2D eigenvalue weighted by Gasteiger charge is -2.15. The van der Waals surface area contributed by atoms with E-state index in [-0.39, 0.29) is 11.9 Å². The van der Waals surface area contributed by atoms with Crippen LogP contribution in [0.3, 0.4) is 0 Å². The molecule has 0 bridgehead atoms. The summed E-state index contributed by atoms with van der Waals surface area (Å²) < 4.78 is 13.7. The molecule has 2 aromatic rings. The Morgan fingerprint density at radius 1 is 1.25 bits per heavy atom. The molecular weight excluding hydrogens is 255 g/mol. The summed E-state index contributed by atoms with van der Waals surface area (Å²) in [6.07, 6.45) is 1.73. The monoisotopic (exact) mass is 274 g/mol. The van der Waals surface area contributed by atoms with Crippen molar-refractivity contribution in [3.63, 3.8) is 0 Å². The Labute approximate surface area is 118 Å². The van der Waals surface area contributed by atoms with Crippen molar-refractivity contribution in [1.82, 2.24) is 15.3 Å². The molecule has 0 unspecified atom stereocenters. The van der Waals surface area contributed by atoms with E-state index < -0.39 is 0 Å². The van der Waals surface area contributed by atoms with Gasteiger partial charge >= 0.3 is 0 Å². The minimum absolute atomic E-state index is 0.0750. The molecule has 1 N–H and O–H groups in total. The van der Waals surface area contributed by atoms with E-state index in [1.807, 2.05) is 38.1 Å². The van der Waals surface area contributed by atoms with Gasteiger partial charge in [-0.1, -0.05) is 18.2 Å². The van der Waals surface area contributed by atoms with Crippen molar-refractivity contribution >= 4 is 5.95 Å². The van der Waals surface area contributed by atoms with Crippen LogP contribution in [0.1, 0.15) is 24.2 Å². The van der Waals surface area contributed by atoms with Crippen molar-refractivity contribution < 1.29 is 4.39 Å². The molecule has 5 heteroatoms. The molecular formula is C15H19FN4. The number of hydrogen-bond acceptors (Lipinski definition) is 4. The van der Waals surface area contributed by atoms with E-state index in [9.17, 15) is 4.39 Å². The van der Waals surface area contributed by atoms with Gasteiger partial charge in [0.05, 0.1) is 5.69 Å². The highest BCUT2D eigenvalue weighted by Gasteiger charge is 2.10. The molecule has 0 amide bonds. The van der Waals surface area contributed by atoms with Gasteiger partial charge in [-0.15, -0.1) is 0 Å². The van der Waals surface area contributed by atoms with E-state index in [2.05, 4.69) is 15.3 Å². The summed E-state index contributed by atoms with van der Waals surface area (Å²) in [5.74, 6) is 0.479. The van der Waals surface area contributed by atoms with E-state index in [1.165, 1.54) is 6.07 Å². The van der Waals surface area contributed by atoms with Crippen molar-refractivity contribution in [3.05, 3.63) is 53.6 Å². The van der Waals surface area contributed by atoms with Crippen LogP contribution in [-0.2, 0) is 6.54 Å². The second kappa shape index (κ2) is 6.43. The SMILES string of the molecule is C[C@@H](NCc1ccnc(N(C)C)n1)c1ccccc1F. The highest BCUT2D eigenvalue weighted by Crippen LogP contribution is 2.16. The second-order valence-electron chi connectivity index (χ2n) is 4.87. The van der Waals surface area contributed by atoms with E-state index in [1.54, 1.807) is 18.3 Å². The number of halogens is 1. The van der Waals surface area contributed by atoms with Crippen LogP contribution >= 0.6 is 0 Å². The van der Waals surface area contributed by atoms with Crippen LogP contribution in [-0.4, -0.2) is 24.1 Å². The Bertz CT molecular complexity index is 571. The number of aromatic nitrogens is 2. The third-order valence-corrected chi connectivity index (χ3v) is 3.06. The number of nitrogens with zero attached hydrogens (tertiary/aromatic N) is 3. The lowest BCUT2D eigenvalue weighted by molar-refractivity contribution is 0.524. The predicted molar refractivity (Wildman–Crippen MR) is 78.0 cm³/mol. The maximum absolute atomic E-state index is 13.7. The fraction of sp³-hybridized carbons (Fsp3) is 0.333. The molecule has 1 heterocycles. The summed E-state index contributed by atoms with van der Waals surface area (Å²) in [4.78, 5) is 10.4. The molecule has 0 radical (unpaired) electrons. The average Bonchev–Trinajstić information content (AvgIpc) is 2.45. The van der Waals surface area contributed by atoms with Crippen LogP contribution in [0.25, 0.3) is 0 Å². The fourth-order valence-corrected chi connectivity index (χ4v) is 1.89. The van der Waals surface area contributed by atoms with E-state index >= 15 is 0 Å². The fourth-order valence-electron chi connectivity index (χ4n) is 1.89. The summed E-state index contributed by atoms with van der Waals surface area (Å²) in [7, 11) is 3.79. The summed E-state index contributed by atoms with van der Waals surface area (Å²) in [5, 5.41) is 3.27. The molecule has 1 atom stereocenters. The van der Waals surface area contributed by atoms with Crippen molar-refractivity contribution in [2.24, 2.45) is 0 Å². The molecule has 0 fully saturated rings. The largest absolute Gasteiger partial charge is 0.347 e.